The second kappa shape index (κ2) is 5.98. The molecule has 4 N–H and O–H groups in total. The van der Waals surface area contributed by atoms with Crippen LogP contribution in [0.15, 0.2) is 0 Å². The summed E-state index contributed by atoms with van der Waals surface area (Å²) >= 11 is 0. The Balaban J connectivity index is 2.14. The molecule has 0 aromatic rings. The molecule has 3 unspecified atom stereocenters. The summed E-state index contributed by atoms with van der Waals surface area (Å²) in [7, 11) is 0. The molecule has 0 heterocycles. The van der Waals surface area contributed by atoms with Crippen LogP contribution in [0.5, 0.6) is 0 Å². The van der Waals surface area contributed by atoms with E-state index in [9.17, 15) is 13.6 Å². The van der Waals surface area contributed by atoms with Crippen molar-refractivity contribution in [1.82, 2.24) is 5.32 Å². The van der Waals surface area contributed by atoms with Crippen molar-refractivity contribution in [3.63, 3.8) is 0 Å². The number of hydrogen-bond donors (Lipinski definition) is 3. The van der Waals surface area contributed by atoms with E-state index in [1.807, 2.05) is 0 Å². The summed E-state index contributed by atoms with van der Waals surface area (Å²) < 4.78 is 25.7. The molecule has 1 amide bonds. The van der Waals surface area contributed by atoms with Gasteiger partial charge in [0, 0.05) is 12.6 Å². The van der Waals surface area contributed by atoms with Gasteiger partial charge in [-0.25, -0.2) is 13.6 Å². The first kappa shape index (κ1) is 13.2. The molecule has 0 bridgehead atoms. The quantitative estimate of drug-likeness (QED) is 0.676. The molecule has 4 nitrogen and oxygen atoms in total. The summed E-state index contributed by atoms with van der Waals surface area (Å²) in [5.41, 5.74) is 5.75. The number of amides is 1. The van der Waals surface area contributed by atoms with Crippen molar-refractivity contribution in [2.24, 2.45) is 11.7 Å². The van der Waals surface area contributed by atoms with Gasteiger partial charge in [-0.05, 0) is 31.6 Å². The van der Waals surface area contributed by atoms with Crippen LogP contribution in [-0.4, -0.2) is 36.1 Å². The van der Waals surface area contributed by atoms with Gasteiger partial charge >= 0.3 is 6.09 Å². The zero-order chi connectivity index (χ0) is 12.1. The number of carbonyl (C=O) groups is 1. The highest BCUT2D eigenvalue weighted by atomic mass is 19.2. The van der Waals surface area contributed by atoms with E-state index in [-0.39, 0.29) is 31.3 Å². The number of rotatable bonds is 5. The molecule has 0 spiro atoms. The Morgan fingerprint density at radius 3 is 2.50 bits per heavy atom. The molecule has 1 rings (SSSR count). The van der Waals surface area contributed by atoms with Crippen molar-refractivity contribution in [3.8, 4) is 0 Å². The Morgan fingerprint density at radius 1 is 1.44 bits per heavy atom. The van der Waals surface area contributed by atoms with Crippen molar-refractivity contribution in [2.75, 3.05) is 6.54 Å². The average Bonchev–Trinajstić information content (AvgIpc) is 2.44. The lowest BCUT2D eigenvalue weighted by Crippen LogP contribution is -2.30. The second-order valence-electron chi connectivity index (χ2n) is 4.39. The highest BCUT2D eigenvalue weighted by Crippen LogP contribution is 2.33. The molecular weight excluding hydrogens is 218 g/mol. The molecule has 1 aliphatic carbocycles. The number of alkyl halides is 2. The van der Waals surface area contributed by atoms with Gasteiger partial charge in [-0.15, -0.1) is 0 Å². The monoisotopic (exact) mass is 236 g/mol. The molecule has 0 aromatic heterocycles. The lowest BCUT2D eigenvalue weighted by atomic mass is 9.97. The molecule has 1 fully saturated rings. The minimum Gasteiger partial charge on any atom is -0.465 e. The van der Waals surface area contributed by atoms with Crippen molar-refractivity contribution in [3.05, 3.63) is 0 Å². The molecule has 0 aromatic carbocycles. The zero-order valence-electron chi connectivity index (χ0n) is 9.03. The Labute approximate surface area is 93.2 Å². The molecular formula is C10H18F2N2O2. The van der Waals surface area contributed by atoms with Gasteiger partial charge in [0.25, 0.3) is 0 Å². The van der Waals surface area contributed by atoms with Crippen LogP contribution in [0.4, 0.5) is 13.6 Å². The van der Waals surface area contributed by atoms with Gasteiger partial charge in [-0.2, -0.15) is 0 Å². The SMILES string of the molecule is NC(CCNC(=O)O)CC1CC(F)C(F)C1. The van der Waals surface area contributed by atoms with Crippen LogP contribution in [-0.2, 0) is 0 Å². The number of carboxylic acid groups (broad SMARTS) is 1. The van der Waals surface area contributed by atoms with Crippen molar-refractivity contribution in [2.45, 2.75) is 44.1 Å². The summed E-state index contributed by atoms with van der Waals surface area (Å²) in [5, 5.41) is 10.5. The van der Waals surface area contributed by atoms with Crippen LogP contribution in [0.1, 0.15) is 25.7 Å². The van der Waals surface area contributed by atoms with Crippen molar-refractivity contribution < 1.29 is 18.7 Å². The van der Waals surface area contributed by atoms with Crippen LogP contribution >= 0.6 is 0 Å². The van der Waals surface area contributed by atoms with E-state index >= 15 is 0 Å². The highest BCUT2D eigenvalue weighted by Gasteiger charge is 2.34. The largest absolute Gasteiger partial charge is 0.465 e. The summed E-state index contributed by atoms with van der Waals surface area (Å²) in [4.78, 5) is 10.2. The molecule has 1 aliphatic rings. The molecule has 94 valence electrons. The molecule has 3 atom stereocenters. The van der Waals surface area contributed by atoms with E-state index in [2.05, 4.69) is 5.32 Å². The number of halogens is 2. The smallest absolute Gasteiger partial charge is 0.404 e. The maximum atomic E-state index is 12.9. The fourth-order valence-electron chi connectivity index (χ4n) is 2.13. The first-order valence-electron chi connectivity index (χ1n) is 5.49. The van der Waals surface area contributed by atoms with E-state index in [0.29, 0.717) is 12.8 Å². The van der Waals surface area contributed by atoms with Gasteiger partial charge in [0.1, 0.15) is 12.3 Å². The standard InChI is InChI=1S/C10H18F2N2O2/c11-8-4-6(5-9(8)12)3-7(13)1-2-14-10(15)16/h6-9,14H,1-5,13H2,(H,15,16). The van der Waals surface area contributed by atoms with Gasteiger partial charge in [0.15, 0.2) is 0 Å². The van der Waals surface area contributed by atoms with E-state index in [0.717, 1.165) is 0 Å². The Morgan fingerprint density at radius 2 is 2.00 bits per heavy atom. The minimum atomic E-state index is -1.35. The molecule has 0 radical (unpaired) electrons. The fourth-order valence-corrected chi connectivity index (χ4v) is 2.13. The van der Waals surface area contributed by atoms with Crippen LogP contribution in [0.2, 0.25) is 0 Å². The van der Waals surface area contributed by atoms with Gasteiger partial charge < -0.3 is 16.2 Å². The molecule has 16 heavy (non-hydrogen) atoms. The van der Waals surface area contributed by atoms with E-state index < -0.39 is 18.4 Å². The van der Waals surface area contributed by atoms with Crippen LogP contribution in [0, 0.1) is 5.92 Å². The maximum Gasteiger partial charge on any atom is 0.404 e. The van der Waals surface area contributed by atoms with Crippen LogP contribution in [0.3, 0.4) is 0 Å². The summed E-state index contributed by atoms with van der Waals surface area (Å²) in [5.74, 6) is -0.00942. The van der Waals surface area contributed by atoms with Gasteiger partial charge in [-0.1, -0.05) is 0 Å². The average molecular weight is 236 g/mol. The summed E-state index contributed by atoms with van der Waals surface area (Å²) in [6.07, 6.45) is -2.26. The van der Waals surface area contributed by atoms with E-state index in [1.165, 1.54) is 0 Å². The maximum absolute atomic E-state index is 12.9. The molecule has 0 saturated heterocycles. The van der Waals surface area contributed by atoms with E-state index in [1.54, 1.807) is 0 Å². The van der Waals surface area contributed by atoms with Gasteiger partial charge in [0.05, 0.1) is 0 Å². The molecule has 1 saturated carbocycles. The minimum absolute atomic E-state index is 0.00942. The third-order valence-electron chi connectivity index (χ3n) is 2.94. The second-order valence-corrected chi connectivity index (χ2v) is 4.39. The number of nitrogens with two attached hydrogens (primary N) is 1. The van der Waals surface area contributed by atoms with Crippen molar-refractivity contribution >= 4 is 6.09 Å². The zero-order valence-corrected chi connectivity index (χ0v) is 9.03. The fraction of sp³-hybridized carbons (Fsp3) is 0.900. The predicted molar refractivity (Wildman–Crippen MR) is 55.8 cm³/mol. The van der Waals surface area contributed by atoms with Gasteiger partial charge in [0.2, 0.25) is 0 Å². The first-order chi connectivity index (χ1) is 7.49. The Kier molecular flexibility index (Phi) is 4.92. The number of nitrogens with one attached hydrogen (secondary N) is 1. The third-order valence-corrected chi connectivity index (χ3v) is 2.94. The Hall–Kier alpha value is -0.910. The summed E-state index contributed by atoms with van der Waals surface area (Å²) in [6, 6.07) is -0.200. The lowest BCUT2D eigenvalue weighted by Gasteiger charge is -2.15. The first-order valence-corrected chi connectivity index (χ1v) is 5.49. The topological polar surface area (TPSA) is 75.3 Å². The van der Waals surface area contributed by atoms with Gasteiger partial charge in [-0.3, -0.25) is 0 Å². The summed E-state index contributed by atoms with van der Waals surface area (Å²) in [6.45, 7) is 0.279. The van der Waals surface area contributed by atoms with Crippen molar-refractivity contribution in [1.29, 1.82) is 0 Å². The lowest BCUT2D eigenvalue weighted by molar-refractivity contribution is 0.194. The number of hydrogen-bond acceptors (Lipinski definition) is 2. The Bertz CT molecular complexity index is 231. The predicted octanol–water partition coefficient (Wildman–Crippen LogP) is 1.45. The van der Waals surface area contributed by atoms with Crippen LogP contribution in [0.25, 0.3) is 0 Å². The van der Waals surface area contributed by atoms with E-state index in [4.69, 9.17) is 10.8 Å². The highest BCUT2D eigenvalue weighted by molar-refractivity contribution is 5.64. The van der Waals surface area contributed by atoms with Crippen LogP contribution < -0.4 is 11.1 Å². The molecule has 0 aliphatic heterocycles. The molecule has 6 heteroatoms. The normalized spacial score (nSPS) is 31.3. The third kappa shape index (κ3) is 4.30.